The summed E-state index contributed by atoms with van der Waals surface area (Å²) in [6.45, 7) is 6.30. The van der Waals surface area contributed by atoms with Crippen molar-refractivity contribution in [2.75, 3.05) is 0 Å². The summed E-state index contributed by atoms with van der Waals surface area (Å²) in [5.41, 5.74) is 0.582. The van der Waals surface area contributed by atoms with E-state index >= 15 is 0 Å². The van der Waals surface area contributed by atoms with E-state index in [1.807, 2.05) is 6.92 Å². The topological polar surface area (TPSA) is 42.0 Å². The van der Waals surface area contributed by atoms with E-state index in [9.17, 15) is 4.79 Å². The average molecular weight is 285 g/mol. The molecule has 0 saturated heterocycles. The molecular formula is C12H17BrN2O. The van der Waals surface area contributed by atoms with Gasteiger partial charge in [-0.15, -0.1) is 0 Å². The third kappa shape index (κ3) is 3.93. The lowest BCUT2D eigenvalue weighted by Crippen LogP contribution is -2.33. The third-order valence-electron chi connectivity index (χ3n) is 2.21. The summed E-state index contributed by atoms with van der Waals surface area (Å²) in [4.78, 5) is 15.9. The molecule has 0 saturated carbocycles. The van der Waals surface area contributed by atoms with E-state index in [1.165, 1.54) is 0 Å². The molecule has 0 aliphatic heterocycles. The summed E-state index contributed by atoms with van der Waals surface area (Å²) in [6, 6.07) is 3.70. The minimum Gasteiger partial charge on any atom is -0.349 e. The highest BCUT2D eigenvalue weighted by atomic mass is 79.9. The number of rotatable bonds is 4. The van der Waals surface area contributed by atoms with Crippen molar-refractivity contribution in [3.8, 4) is 0 Å². The Labute approximate surface area is 105 Å². The van der Waals surface area contributed by atoms with Crippen LogP contribution in [0.2, 0.25) is 0 Å². The lowest BCUT2D eigenvalue weighted by atomic mass is 10.1. The van der Waals surface area contributed by atoms with Gasteiger partial charge in [-0.3, -0.25) is 4.79 Å². The van der Waals surface area contributed by atoms with Gasteiger partial charge in [-0.2, -0.15) is 0 Å². The number of carbonyl (C=O) groups is 1. The first-order valence-electron chi connectivity index (χ1n) is 5.42. The van der Waals surface area contributed by atoms with Crippen molar-refractivity contribution >= 4 is 21.8 Å². The maximum atomic E-state index is 11.9. The highest BCUT2D eigenvalue weighted by Gasteiger charge is 2.13. The maximum absolute atomic E-state index is 11.9. The van der Waals surface area contributed by atoms with E-state index in [-0.39, 0.29) is 11.9 Å². The fourth-order valence-electron chi connectivity index (χ4n) is 1.62. The maximum Gasteiger partial charge on any atom is 0.254 e. The van der Waals surface area contributed by atoms with Gasteiger partial charge in [-0.05, 0) is 47.3 Å². The number of amides is 1. The van der Waals surface area contributed by atoms with Gasteiger partial charge in [-0.1, -0.05) is 13.8 Å². The second kappa shape index (κ2) is 5.99. The van der Waals surface area contributed by atoms with Gasteiger partial charge < -0.3 is 5.32 Å². The van der Waals surface area contributed by atoms with E-state index < -0.39 is 0 Å². The zero-order chi connectivity index (χ0) is 12.1. The van der Waals surface area contributed by atoms with Crippen molar-refractivity contribution in [2.24, 2.45) is 5.92 Å². The number of hydrogen-bond donors (Lipinski definition) is 1. The van der Waals surface area contributed by atoms with Gasteiger partial charge in [0.05, 0.1) is 5.56 Å². The Morgan fingerprint density at radius 1 is 1.50 bits per heavy atom. The molecule has 1 aromatic heterocycles. The highest BCUT2D eigenvalue weighted by Crippen LogP contribution is 2.13. The molecule has 0 aliphatic rings. The van der Waals surface area contributed by atoms with Gasteiger partial charge >= 0.3 is 0 Å². The Morgan fingerprint density at radius 2 is 2.19 bits per heavy atom. The molecule has 0 spiro atoms. The molecule has 1 rings (SSSR count). The SMILES string of the molecule is CC(C)CC(C)NC(=O)c1cccnc1Br. The third-order valence-corrected chi connectivity index (χ3v) is 2.84. The Bertz CT molecular complexity index is 366. The second-order valence-corrected chi connectivity index (χ2v) is 5.10. The van der Waals surface area contributed by atoms with Crippen molar-refractivity contribution in [1.29, 1.82) is 0 Å². The summed E-state index contributed by atoms with van der Waals surface area (Å²) < 4.78 is 0.587. The van der Waals surface area contributed by atoms with Crippen LogP contribution in [0, 0.1) is 5.92 Å². The van der Waals surface area contributed by atoms with Crippen LogP contribution in [0.1, 0.15) is 37.6 Å². The molecular weight excluding hydrogens is 268 g/mol. The molecule has 88 valence electrons. The molecule has 1 amide bonds. The predicted octanol–water partition coefficient (Wildman–Crippen LogP) is 3.01. The number of halogens is 1. The molecule has 4 heteroatoms. The quantitative estimate of drug-likeness (QED) is 0.864. The van der Waals surface area contributed by atoms with Crippen LogP contribution in [0.15, 0.2) is 22.9 Å². The molecule has 1 atom stereocenters. The Balaban J connectivity index is 2.63. The van der Waals surface area contributed by atoms with Gasteiger partial charge in [0, 0.05) is 12.2 Å². The number of hydrogen-bond acceptors (Lipinski definition) is 2. The van der Waals surface area contributed by atoms with Crippen molar-refractivity contribution in [1.82, 2.24) is 10.3 Å². The molecule has 1 aromatic rings. The number of nitrogens with one attached hydrogen (secondary N) is 1. The monoisotopic (exact) mass is 284 g/mol. The minimum absolute atomic E-state index is 0.0758. The second-order valence-electron chi connectivity index (χ2n) is 4.35. The van der Waals surface area contributed by atoms with E-state index in [1.54, 1.807) is 18.3 Å². The van der Waals surface area contributed by atoms with Crippen molar-refractivity contribution < 1.29 is 4.79 Å². The van der Waals surface area contributed by atoms with Gasteiger partial charge in [0.25, 0.3) is 5.91 Å². The predicted molar refractivity (Wildman–Crippen MR) is 68.3 cm³/mol. The first-order chi connectivity index (χ1) is 7.50. The molecule has 1 N–H and O–H groups in total. The number of nitrogens with zero attached hydrogens (tertiary/aromatic N) is 1. The van der Waals surface area contributed by atoms with Crippen molar-refractivity contribution in [3.63, 3.8) is 0 Å². The molecule has 16 heavy (non-hydrogen) atoms. The molecule has 0 aromatic carbocycles. The van der Waals surface area contributed by atoms with Crippen LogP contribution in [0.3, 0.4) is 0 Å². The van der Waals surface area contributed by atoms with Crippen LogP contribution in [-0.2, 0) is 0 Å². The molecule has 0 radical (unpaired) electrons. The van der Waals surface area contributed by atoms with E-state index in [0.717, 1.165) is 6.42 Å². The Morgan fingerprint density at radius 3 is 2.75 bits per heavy atom. The van der Waals surface area contributed by atoms with Crippen LogP contribution in [-0.4, -0.2) is 16.9 Å². The first-order valence-corrected chi connectivity index (χ1v) is 6.21. The molecule has 3 nitrogen and oxygen atoms in total. The van der Waals surface area contributed by atoms with Gasteiger partial charge in [-0.25, -0.2) is 4.98 Å². The van der Waals surface area contributed by atoms with Crippen LogP contribution in [0.25, 0.3) is 0 Å². The number of aromatic nitrogens is 1. The average Bonchev–Trinajstić information content (AvgIpc) is 2.16. The van der Waals surface area contributed by atoms with E-state index in [2.05, 4.69) is 40.1 Å². The van der Waals surface area contributed by atoms with Crippen LogP contribution in [0.5, 0.6) is 0 Å². The summed E-state index contributed by atoms with van der Waals surface area (Å²) in [5.74, 6) is 0.501. The van der Waals surface area contributed by atoms with Crippen molar-refractivity contribution in [2.45, 2.75) is 33.2 Å². The van der Waals surface area contributed by atoms with Crippen LogP contribution >= 0.6 is 15.9 Å². The first kappa shape index (κ1) is 13.2. The summed E-state index contributed by atoms with van der Waals surface area (Å²) >= 11 is 3.27. The zero-order valence-electron chi connectivity index (χ0n) is 9.83. The Kier molecular flexibility index (Phi) is 4.93. The number of carbonyl (C=O) groups excluding carboxylic acids is 1. The summed E-state index contributed by atoms with van der Waals surface area (Å²) in [5, 5.41) is 2.96. The lowest BCUT2D eigenvalue weighted by molar-refractivity contribution is 0.0935. The summed E-state index contributed by atoms with van der Waals surface area (Å²) in [7, 11) is 0. The van der Waals surface area contributed by atoms with Crippen LogP contribution < -0.4 is 5.32 Å². The fraction of sp³-hybridized carbons (Fsp3) is 0.500. The summed E-state index contributed by atoms with van der Waals surface area (Å²) in [6.07, 6.45) is 2.63. The standard InChI is InChI=1S/C12H17BrN2O/c1-8(2)7-9(3)15-12(16)10-5-4-6-14-11(10)13/h4-6,8-9H,7H2,1-3H3,(H,15,16). The largest absolute Gasteiger partial charge is 0.349 e. The lowest BCUT2D eigenvalue weighted by Gasteiger charge is -2.16. The van der Waals surface area contributed by atoms with Gasteiger partial charge in [0.1, 0.15) is 4.60 Å². The molecule has 1 unspecified atom stereocenters. The molecule has 0 aliphatic carbocycles. The van der Waals surface area contributed by atoms with E-state index in [4.69, 9.17) is 0 Å². The van der Waals surface area contributed by atoms with Crippen molar-refractivity contribution in [3.05, 3.63) is 28.5 Å². The molecule has 0 fully saturated rings. The highest BCUT2D eigenvalue weighted by molar-refractivity contribution is 9.10. The minimum atomic E-state index is -0.0758. The zero-order valence-corrected chi connectivity index (χ0v) is 11.4. The van der Waals surface area contributed by atoms with E-state index in [0.29, 0.717) is 16.1 Å². The number of pyridine rings is 1. The smallest absolute Gasteiger partial charge is 0.254 e. The fourth-order valence-corrected chi connectivity index (χ4v) is 2.05. The van der Waals surface area contributed by atoms with Gasteiger partial charge in [0.2, 0.25) is 0 Å². The van der Waals surface area contributed by atoms with Crippen LogP contribution in [0.4, 0.5) is 0 Å². The molecule has 1 heterocycles. The van der Waals surface area contributed by atoms with Gasteiger partial charge in [0.15, 0.2) is 0 Å². The Hall–Kier alpha value is -0.900. The molecule has 0 bridgehead atoms. The normalized spacial score (nSPS) is 12.6.